The monoisotopic (exact) mass is 484 g/mol. The minimum absolute atomic E-state index is 0.0624. The average Bonchev–Trinajstić information content (AvgIpc) is 3.14. The van der Waals surface area contributed by atoms with Gasteiger partial charge in [-0.3, -0.25) is 0 Å². The molecule has 0 aliphatic carbocycles. The largest absolute Gasteiger partial charge is 0.370 e. The molecule has 0 radical (unpaired) electrons. The first-order valence-electron chi connectivity index (χ1n) is 9.17. The number of hydrogen-bond acceptors (Lipinski definition) is 7. The van der Waals surface area contributed by atoms with Crippen LogP contribution in [0.3, 0.4) is 0 Å². The summed E-state index contributed by atoms with van der Waals surface area (Å²) < 4.78 is 51.3. The van der Waals surface area contributed by atoms with Crippen LogP contribution in [0.2, 0.25) is 5.02 Å². The first-order valence-corrected chi connectivity index (χ1v) is 13.5. The van der Waals surface area contributed by atoms with Gasteiger partial charge in [-0.2, -0.15) is 0 Å². The van der Waals surface area contributed by atoms with Crippen LogP contribution in [-0.4, -0.2) is 27.6 Å². The van der Waals surface area contributed by atoms with Gasteiger partial charge in [0.25, 0.3) is 0 Å². The number of benzene rings is 2. The molecule has 0 aliphatic heterocycles. The zero-order chi connectivity index (χ0) is 21.9. The number of halogens is 1. The molecule has 30 heavy (non-hydrogen) atoms. The molecular weight excluding hydrogens is 464 g/mol. The fourth-order valence-corrected chi connectivity index (χ4v) is 7.16. The highest BCUT2D eigenvalue weighted by molar-refractivity contribution is 7.94. The van der Waals surface area contributed by atoms with Gasteiger partial charge in [0.15, 0.2) is 5.03 Å². The molecule has 1 aromatic heterocycles. The molecule has 0 bridgehead atoms. The van der Waals surface area contributed by atoms with Crippen molar-refractivity contribution in [3.8, 4) is 0 Å². The van der Waals surface area contributed by atoms with Crippen LogP contribution in [0, 0.1) is 6.92 Å². The normalized spacial score (nSPS) is 12.1. The number of hydrogen-bond donors (Lipinski definition) is 1. The van der Waals surface area contributed by atoms with Gasteiger partial charge in [0, 0.05) is 11.6 Å². The van der Waals surface area contributed by atoms with Gasteiger partial charge in [-0.25, -0.2) is 21.8 Å². The molecule has 6 nitrogen and oxygen atoms in total. The van der Waals surface area contributed by atoms with E-state index in [9.17, 15) is 16.8 Å². The van der Waals surface area contributed by atoms with Crippen molar-refractivity contribution in [2.24, 2.45) is 0 Å². The Bertz CT molecular complexity index is 1230. The summed E-state index contributed by atoms with van der Waals surface area (Å²) in [6, 6.07) is 13.4. The summed E-state index contributed by atoms with van der Waals surface area (Å²) in [4.78, 5) is 4.12. The first kappa shape index (κ1) is 22.7. The van der Waals surface area contributed by atoms with E-state index in [0.717, 1.165) is 22.5 Å². The molecule has 1 heterocycles. The zero-order valence-electron chi connectivity index (χ0n) is 16.4. The SMILES string of the molecule is CCCS(=O)(=O)c1nc(S(=O)(=O)c2ccc(C)cc2)c(NCc2ccc(Cl)cc2)s1. The Hall–Kier alpha value is -1.94. The lowest BCUT2D eigenvalue weighted by atomic mass is 10.2. The highest BCUT2D eigenvalue weighted by atomic mass is 35.5. The van der Waals surface area contributed by atoms with Crippen LogP contribution in [-0.2, 0) is 26.2 Å². The van der Waals surface area contributed by atoms with E-state index in [2.05, 4.69) is 10.3 Å². The van der Waals surface area contributed by atoms with Crippen LogP contribution in [0.1, 0.15) is 24.5 Å². The lowest BCUT2D eigenvalue weighted by molar-refractivity contribution is 0.589. The number of aromatic nitrogens is 1. The van der Waals surface area contributed by atoms with Gasteiger partial charge >= 0.3 is 0 Å². The van der Waals surface area contributed by atoms with E-state index < -0.39 is 19.7 Å². The summed E-state index contributed by atoms with van der Waals surface area (Å²) in [5.74, 6) is -0.0961. The van der Waals surface area contributed by atoms with Crippen LogP contribution in [0.5, 0.6) is 0 Å². The van der Waals surface area contributed by atoms with E-state index in [4.69, 9.17) is 11.6 Å². The molecule has 0 saturated carbocycles. The van der Waals surface area contributed by atoms with E-state index in [0.29, 0.717) is 18.0 Å². The van der Waals surface area contributed by atoms with Crippen molar-refractivity contribution in [3.63, 3.8) is 0 Å². The summed E-state index contributed by atoms with van der Waals surface area (Å²) in [6.45, 7) is 3.89. The third kappa shape index (κ3) is 5.03. The van der Waals surface area contributed by atoms with Gasteiger partial charge < -0.3 is 5.32 Å². The Morgan fingerprint density at radius 1 is 1.00 bits per heavy atom. The van der Waals surface area contributed by atoms with Crippen LogP contribution in [0.4, 0.5) is 5.00 Å². The van der Waals surface area contributed by atoms with Crippen molar-refractivity contribution < 1.29 is 16.8 Å². The van der Waals surface area contributed by atoms with E-state index in [-0.39, 0.29) is 25.0 Å². The van der Waals surface area contributed by atoms with Gasteiger partial charge in [-0.1, -0.05) is 59.7 Å². The predicted molar refractivity (Wildman–Crippen MR) is 120 cm³/mol. The molecule has 0 atom stereocenters. The summed E-state index contributed by atoms with van der Waals surface area (Å²) in [5.41, 5.74) is 1.78. The van der Waals surface area contributed by atoms with E-state index in [1.165, 1.54) is 12.1 Å². The molecule has 2 aromatic carbocycles. The van der Waals surface area contributed by atoms with Crippen molar-refractivity contribution in [2.75, 3.05) is 11.1 Å². The predicted octanol–water partition coefficient (Wildman–Crippen LogP) is 4.73. The van der Waals surface area contributed by atoms with Crippen molar-refractivity contribution in [2.45, 2.75) is 41.1 Å². The zero-order valence-corrected chi connectivity index (χ0v) is 19.6. The number of thiazole rings is 1. The summed E-state index contributed by atoms with van der Waals surface area (Å²) in [7, 11) is -7.66. The van der Waals surface area contributed by atoms with Crippen molar-refractivity contribution in [3.05, 3.63) is 64.7 Å². The fourth-order valence-electron chi connectivity index (χ4n) is 2.68. The van der Waals surface area contributed by atoms with Crippen LogP contribution >= 0.6 is 22.9 Å². The molecule has 3 aromatic rings. The molecule has 1 N–H and O–H groups in total. The second-order valence-corrected chi connectivity index (χ2v) is 12.3. The third-order valence-corrected chi connectivity index (χ3v) is 9.73. The third-order valence-electron chi connectivity index (χ3n) is 4.27. The summed E-state index contributed by atoms with van der Waals surface area (Å²) in [5, 5.41) is 3.55. The Labute approximate surface area is 185 Å². The van der Waals surface area contributed by atoms with Gasteiger partial charge in [-0.15, -0.1) is 0 Å². The highest BCUT2D eigenvalue weighted by Gasteiger charge is 2.30. The lowest BCUT2D eigenvalue weighted by Gasteiger charge is -2.08. The van der Waals surface area contributed by atoms with Crippen molar-refractivity contribution >= 4 is 47.6 Å². The number of rotatable bonds is 8. The average molecular weight is 485 g/mol. The Morgan fingerprint density at radius 2 is 1.63 bits per heavy atom. The number of nitrogens with zero attached hydrogens (tertiary/aromatic N) is 1. The molecule has 10 heteroatoms. The second-order valence-electron chi connectivity index (χ2n) is 6.73. The van der Waals surface area contributed by atoms with Gasteiger partial charge in [0.1, 0.15) is 5.00 Å². The van der Waals surface area contributed by atoms with Crippen LogP contribution in [0.15, 0.2) is 62.8 Å². The summed E-state index contributed by atoms with van der Waals surface area (Å²) >= 11 is 6.74. The maximum Gasteiger partial charge on any atom is 0.226 e. The minimum Gasteiger partial charge on any atom is -0.370 e. The molecule has 0 fully saturated rings. The van der Waals surface area contributed by atoms with E-state index >= 15 is 0 Å². The van der Waals surface area contributed by atoms with E-state index in [1.807, 2.05) is 6.92 Å². The Balaban J connectivity index is 2.04. The topological polar surface area (TPSA) is 93.2 Å². The molecule has 0 unspecified atom stereocenters. The molecule has 160 valence electrons. The quantitative estimate of drug-likeness (QED) is 0.496. The molecule has 0 spiro atoms. The smallest absolute Gasteiger partial charge is 0.226 e. The van der Waals surface area contributed by atoms with Crippen molar-refractivity contribution in [1.29, 1.82) is 0 Å². The van der Waals surface area contributed by atoms with Gasteiger partial charge in [0.2, 0.25) is 24.0 Å². The molecule has 0 saturated heterocycles. The number of anilines is 1. The second kappa shape index (κ2) is 9.05. The lowest BCUT2D eigenvalue weighted by Crippen LogP contribution is -2.09. The highest BCUT2D eigenvalue weighted by Crippen LogP contribution is 2.35. The molecular formula is C20H21ClN2O4S3. The maximum atomic E-state index is 13.2. The van der Waals surface area contributed by atoms with E-state index in [1.54, 1.807) is 43.3 Å². The minimum atomic E-state index is -4.00. The van der Waals surface area contributed by atoms with Gasteiger partial charge in [0.05, 0.1) is 10.6 Å². The maximum absolute atomic E-state index is 13.2. The number of sulfone groups is 2. The molecule has 0 aliphatic rings. The van der Waals surface area contributed by atoms with Gasteiger partial charge in [-0.05, 0) is 43.2 Å². The first-order chi connectivity index (χ1) is 14.1. The van der Waals surface area contributed by atoms with Crippen molar-refractivity contribution in [1.82, 2.24) is 4.98 Å². The van der Waals surface area contributed by atoms with Crippen LogP contribution < -0.4 is 5.32 Å². The standard InChI is InChI=1S/C20H21ClN2O4S3/c1-3-12-29(24,25)20-23-19(30(26,27)17-10-4-14(2)5-11-17)18(28-20)22-13-15-6-8-16(21)9-7-15/h4-11,22H,3,12-13H2,1-2H3. The fraction of sp³-hybridized carbons (Fsp3) is 0.250. The van der Waals surface area contributed by atoms with Crippen LogP contribution in [0.25, 0.3) is 0 Å². The number of aryl methyl sites for hydroxylation is 1. The molecule has 0 amide bonds. The molecule has 3 rings (SSSR count). The summed E-state index contributed by atoms with van der Waals surface area (Å²) in [6.07, 6.45) is 0.412. The number of nitrogens with one attached hydrogen (secondary N) is 1. The Kier molecular flexibility index (Phi) is 6.86. The Morgan fingerprint density at radius 3 is 2.23 bits per heavy atom.